The molecule has 1 N–H and O–H groups in total. The minimum absolute atomic E-state index is 0.147. The second kappa shape index (κ2) is 8.74. The molecule has 4 aromatic rings. The van der Waals surface area contributed by atoms with Crippen molar-refractivity contribution < 1.29 is 32.5 Å². The molecule has 2 aromatic heterocycles. The molecule has 0 spiro atoms. The van der Waals surface area contributed by atoms with Crippen molar-refractivity contribution in [1.82, 2.24) is 9.97 Å². The molecular weight excluding hydrogens is 437 g/mol. The number of aromatic hydroxyl groups is 1. The summed E-state index contributed by atoms with van der Waals surface area (Å²) in [6.45, 7) is 0.276. The van der Waals surface area contributed by atoms with Crippen LogP contribution in [0, 0.1) is 0 Å². The molecular formula is C24H21F3N2O4. The fourth-order valence-electron chi connectivity index (χ4n) is 3.92. The average molecular weight is 458 g/mol. The Kier molecular flexibility index (Phi) is 5.99. The molecule has 6 nitrogen and oxygen atoms in total. The average Bonchev–Trinajstić information content (AvgIpc) is 2.78. The second-order valence-corrected chi connectivity index (χ2v) is 7.46. The minimum Gasteiger partial charge on any atom is -0.507 e. The fourth-order valence-corrected chi connectivity index (χ4v) is 3.92. The first kappa shape index (κ1) is 22.6. The van der Waals surface area contributed by atoms with E-state index in [-0.39, 0.29) is 23.9 Å². The van der Waals surface area contributed by atoms with Crippen molar-refractivity contribution in [2.75, 3.05) is 21.3 Å². The Labute approximate surface area is 187 Å². The topological polar surface area (TPSA) is 73.7 Å². The van der Waals surface area contributed by atoms with E-state index in [2.05, 4.69) is 9.97 Å². The summed E-state index contributed by atoms with van der Waals surface area (Å²) < 4.78 is 56.8. The molecule has 0 amide bonds. The number of phenolic OH excluding ortho intramolecular Hbond substituents is 1. The van der Waals surface area contributed by atoms with Gasteiger partial charge in [0.05, 0.1) is 32.0 Å². The largest absolute Gasteiger partial charge is 0.507 e. The SMILES string of the molecule is COCc1ncc(Cc2cnc3ccc(O)c(C(F)(F)F)c3c2)c2cc(OC)c(OC)cc12. The number of pyridine rings is 2. The Hall–Kier alpha value is -3.59. The predicted octanol–water partition coefficient (Wildman–Crippen LogP) is 5.26. The molecule has 0 atom stereocenters. The number of aromatic nitrogens is 2. The van der Waals surface area contributed by atoms with Gasteiger partial charge in [0.1, 0.15) is 11.3 Å². The minimum atomic E-state index is -4.72. The van der Waals surface area contributed by atoms with Crippen LogP contribution in [0.4, 0.5) is 13.2 Å². The molecule has 0 unspecified atom stereocenters. The van der Waals surface area contributed by atoms with Crippen molar-refractivity contribution in [2.24, 2.45) is 0 Å². The van der Waals surface area contributed by atoms with Crippen LogP contribution < -0.4 is 9.47 Å². The zero-order valence-corrected chi connectivity index (χ0v) is 18.2. The number of hydrogen-bond acceptors (Lipinski definition) is 6. The molecule has 0 aliphatic rings. The highest BCUT2D eigenvalue weighted by Gasteiger charge is 2.36. The van der Waals surface area contributed by atoms with Crippen LogP contribution in [0.2, 0.25) is 0 Å². The van der Waals surface area contributed by atoms with E-state index in [4.69, 9.17) is 14.2 Å². The summed E-state index contributed by atoms with van der Waals surface area (Å²) in [5, 5.41) is 11.3. The van der Waals surface area contributed by atoms with Gasteiger partial charge in [0, 0.05) is 36.7 Å². The van der Waals surface area contributed by atoms with E-state index in [1.54, 1.807) is 19.4 Å². The van der Waals surface area contributed by atoms with Crippen LogP contribution in [0.5, 0.6) is 17.2 Å². The number of phenols is 1. The van der Waals surface area contributed by atoms with Crippen molar-refractivity contribution in [1.29, 1.82) is 0 Å². The third-order valence-corrected chi connectivity index (χ3v) is 5.42. The van der Waals surface area contributed by atoms with Gasteiger partial charge in [-0.1, -0.05) is 0 Å². The summed E-state index contributed by atoms with van der Waals surface area (Å²) in [6, 6.07) is 7.38. The summed E-state index contributed by atoms with van der Waals surface area (Å²) in [4.78, 5) is 8.68. The lowest BCUT2D eigenvalue weighted by molar-refractivity contribution is -0.137. The molecule has 33 heavy (non-hydrogen) atoms. The van der Waals surface area contributed by atoms with E-state index < -0.39 is 17.5 Å². The first-order chi connectivity index (χ1) is 15.8. The van der Waals surface area contributed by atoms with E-state index in [1.165, 1.54) is 32.5 Å². The van der Waals surface area contributed by atoms with E-state index in [9.17, 15) is 18.3 Å². The molecule has 0 fully saturated rings. The number of rotatable bonds is 6. The quantitative estimate of drug-likeness (QED) is 0.425. The van der Waals surface area contributed by atoms with Crippen molar-refractivity contribution in [3.8, 4) is 17.2 Å². The summed E-state index contributed by atoms with van der Waals surface area (Å²) in [5.74, 6) is 0.211. The van der Waals surface area contributed by atoms with E-state index in [0.717, 1.165) is 22.4 Å². The standard InChI is InChI=1S/C24H21F3N2O4/c1-31-12-19-16-9-22(33-3)21(32-2)8-15(16)14(11-29-19)6-13-7-17-18(28-10-13)4-5-20(30)23(17)24(25,26)27/h4-5,7-11,30H,6,12H2,1-3H3. The Balaban J connectivity index is 1.87. The van der Waals surface area contributed by atoms with Gasteiger partial charge in [-0.2, -0.15) is 13.2 Å². The summed E-state index contributed by atoms with van der Waals surface area (Å²) in [6.07, 6.45) is -1.26. The molecule has 2 heterocycles. The van der Waals surface area contributed by atoms with Crippen LogP contribution in [0.1, 0.15) is 22.4 Å². The Morgan fingerprint density at radius 3 is 2.21 bits per heavy atom. The fraction of sp³-hybridized carbons (Fsp3) is 0.250. The number of benzene rings is 2. The van der Waals surface area contributed by atoms with Crippen LogP contribution >= 0.6 is 0 Å². The van der Waals surface area contributed by atoms with Crippen LogP contribution in [-0.4, -0.2) is 36.4 Å². The van der Waals surface area contributed by atoms with Gasteiger partial charge in [0.25, 0.3) is 0 Å². The zero-order chi connectivity index (χ0) is 23.8. The molecule has 2 aromatic carbocycles. The molecule has 9 heteroatoms. The number of alkyl halides is 3. The highest BCUT2D eigenvalue weighted by atomic mass is 19.4. The number of methoxy groups -OCH3 is 3. The Morgan fingerprint density at radius 2 is 1.58 bits per heavy atom. The normalized spacial score (nSPS) is 11.8. The molecule has 0 saturated heterocycles. The lowest BCUT2D eigenvalue weighted by atomic mass is 9.97. The van der Waals surface area contributed by atoms with E-state index in [1.807, 2.05) is 6.07 Å². The molecule has 0 saturated carbocycles. The lowest BCUT2D eigenvalue weighted by Crippen LogP contribution is -2.07. The maximum Gasteiger partial charge on any atom is 0.420 e. The Bertz CT molecular complexity index is 1340. The van der Waals surface area contributed by atoms with Crippen LogP contribution in [0.3, 0.4) is 0 Å². The van der Waals surface area contributed by atoms with E-state index in [0.29, 0.717) is 22.8 Å². The third-order valence-electron chi connectivity index (χ3n) is 5.42. The first-order valence-corrected chi connectivity index (χ1v) is 9.96. The van der Waals surface area contributed by atoms with Gasteiger partial charge in [0.15, 0.2) is 11.5 Å². The smallest absolute Gasteiger partial charge is 0.420 e. The zero-order valence-electron chi connectivity index (χ0n) is 18.2. The predicted molar refractivity (Wildman–Crippen MR) is 117 cm³/mol. The molecule has 0 bridgehead atoms. The van der Waals surface area contributed by atoms with Gasteiger partial charge in [0.2, 0.25) is 0 Å². The van der Waals surface area contributed by atoms with Gasteiger partial charge in [-0.05, 0) is 46.8 Å². The molecule has 0 aliphatic heterocycles. The van der Waals surface area contributed by atoms with Gasteiger partial charge >= 0.3 is 6.18 Å². The first-order valence-electron chi connectivity index (χ1n) is 9.96. The van der Waals surface area contributed by atoms with E-state index >= 15 is 0 Å². The third kappa shape index (κ3) is 4.23. The molecule has 0 aliphatic carbocycles. The summed E-state index contributed by atoms with van der Waals surface area (Å²) in [7, 11) is 4.63. The highest BCUT2D eigenvalue weighted by Crippen LogP contribution is 2.41. The molecule has 4 rings (SSSR count). The lowest BCUT2D eigenvalue weighted by Gasteiger charge is -2.15. The number of ether oxygens (including phenoxy) is 3. The van der Waals surface area contributed by atoms with Crippen LogP contribution in [-0.2, 0) is 23.9 Å². The van der Waals surface area contributed by atoms with Gasteiger partial charge < -0.3 is 19.3 Å². The van der Waals surface area contributed by atoms with Crippen molar-refractivity contribution in [3.05, 3.63) is 65.1 Å². The monoisotopic (exact) mass is 458 g/mol. The van der Waals surface area contributed by atoms with Crippen molar-refractivity contribution >= 4 is 21.7 Å². The molecule has 172 valence electrons. The van der Waals surface area contributed by atoms with Crippen LogP contribution in [0.25, 0.3) is 21.7 Å². The Morgan fingerprint density at radius 1 is 0.879 bits per heavy atom. The second-order valence-electron chi connectivity index (χ2n) is 7.46. The summed E-state index contributed by atoms with van der Waals surface area (Å²) in [5.41, 5.74) is 1.04. The number of nitrogens with zero attached hydrogens (tertiary/aromatic N) is 2. The van der Waals surface area contributed by atoms with Crippen molar-refractivity contribution in [3.63, 3.8) is 0 Å². The van der Waals surface area contributed by atoms with Gasteiger partial charge in [-0.15, -0.1) is 0 Å². The number of fused-ring (bicyclic) bond motifs is 2. The highest BCUT2D eigenvalue weighted by molar-refractivity contribution is 5.91. The number of hydrogen-bond donors (Lipinski definition) is 1. The number of halogens is 3. The molecule has 0 radical (unpaired) electrons. The van der Waals surface area contributed by atoms with Crippen molar-refractivity contribution in [2.45, 2.75) is 19.2 Å². The van der Waals surface area contributed by atoms with Gasteiger partial charge in [-0.3, -0.25) is 9.97 Å². The maximum atomic E-state index is 13.6. The van der Waals surface area contributed by atoms with Gasteiger partial charge in [-0.25, -0.2) is 0 Å². The summed E-state index contributed by atoms with van der Waals surface area (Å²) >= 11 is 0. The maximum absolute atomic E-state index is 13.6. The van der Waals surface area contributed by atoms with Crippen LogP contribution in [0.15, 0.2) is 42.7 Å².